The van der Waals surface area contributed by atoms with Crippen LogP contribution in [0.5, 0.6) is 0 Å². The van der Waals surface area contributed by atoms with Crippen LogP contribution in [0.1, 0.15) is 33.6 Å². The van der Waals surface area contributed by atoms with Crippen LogP contribution in [-0.4, -0.2) is 55.7 Å². The number of primary amides is 1. The van der Waals surface area contributed by atoms with E-state index >= 15 is 0 Å². The Morgan fingerprint density at radius 2 is 2.11 bits per heavy atom. The van der Waals surface area contributed by atoms with Gasteiger partial charge in [-0.3, -0.25) is 9.69 Å². The molecule has 0 spiro atoms. The van der Waals surface area contributed by atoms with Crippen LogP contribution in [0.25, 0.3) is 0 Å². The van der Waals surface area contributed by atoms with Crippen molar-refractivity contribution >= 4 is 5.91 Å². The molecule has 0 heterocycles. The molecule has 1 amide bonds. The Morgan fingerprint density at radius 3 is 2.53 bits per heavy atom. The highest BCUT2D eigenvalue weighted by Gasteiger charge is 2.49. The summed E-state index contributed by atoms with van der Waals surface area (Å²) < 4.78 is 5.40. The third kappa shape index (κ3) is 4.44. The van der Waals surface area contributed by atoms with Crippen LogP contribution in [-0.2, 0) is 9.53 Å². The molecule has 0 aromatic carbocycles. The molecular formula is C14H29N3O2. The molecule has 1 aliphatic carbocycles. The summed E-state index contributed by atoms with van der Waals surface area (Å²) in [5.74, 6) is 0.179. The normalized spacial score (nSPS) is 18.5. The molecule has 0 aliphatic heterocycles. The lowest BCUT2D eigenvalue weighted by Gasteiger charge is -2.36. The summed E-state index contributed by atoms with van der Waals surface area (Å²) >= 11 is 0. The van der Waals surface area contributed by atoms with Gasteiger partial charge in [0, 0.05) is 19.7 Å². The maximum Gasteiger partial charge on any atom is 0.239 e. The Kier molecular flexibility index (Phi) is 6.75. The van der Waals surface area contributed by atoms with E-state index in [0.29, 0.717) is 19.1 Å². The molecule has 1 unspecified atom stereocenters. The van der Waals surface area contributed by atoms with Crippen LogP contribution in [0, 0.1) is 5.92 Å². The molecule has 1 rings (SSSR count). The van der Waals surface area contributed by atoms with Crippen molar-refractivity contribution in [2.75, 3.05) is 39.4 Å². The van der Waals surface area contributed by atoms with E-state index in [4.69, 9.17) is 10.5 Å². The number of rotatable bonds is 11. The number of carbonyl (C=O) groups is 1. The van der Waals surface area contributed by atoms with Gasteiger partial charge in [-0.05, 0) is 38.8 Å². The minimum atomic E-state index is -0.559. The molecule has 0 aromatic heterocycles. The lowest BCUT2D eigenvalue weighted by Crippen LogP contribution is -2.63. The Hall–Kier alpha value is -0.650. The molecule has 112 valence electrons. The molecule has 1 saturated carbocycles. The molecule has 1 fully saturated rings. The van der Waals surface area contributed by atoms with E-state index in [2.05, 4.69) is 17.1 Å². The Labute approximate surface area is 116 Å². The molecule has 3 N–H and O–H groups in total. The fourth-order valence-corrected chi connectivity index (χ4v) is 2.63. The number of nitrogens with zero attached hydrogens (tertiary/aromatic N) is 1. The molecule has 0 aromatic rings. The lowest BCUT2D eigenvalue weighted by atomic mass is 9.91. The van der Waals surface area contributed by atoms with Gasteiger partial charge >= 0.3 is 0 Å². The second-order valence-electron chi connectivity index (χ2n) is 5.21. The van der Waals surface area contributed by atoms with Gasteiger partial charge in [-0.2, -0.15) is 0 Å². The van der Waals surface area contributed by atoms with Crippen molar-refractivity contribution in [2.24, 2.45) is 11.7 Å². The summed E-state index contributed by atoms with van der Waals surface area (Å²) in [4.78, 5) is 14.2. The van der Waals surface area contributed by atoms with E-state index in [1.54, 1.807) is 0 Å². The highest BCUT2D eigenvalue weighted by atomic mass is 16.5. The van der Waals surface area contributed by atoms with Gasteiger partial charge in [0.25, 0.3) is 0 Å². The number of ether oxygens (including phenoxy) is 1. The first-order valence-electron chi connectivity index (χ1n) is 7.45. The first-order chi connectivity index (χ1) is 9.10. The Balaban J connectivity index is 2.65. The van der Waals surface area contributed by atoms with Crippen molar-refractivity contribution in [2.45, 2.75) is 39.2 Å². The van der Waals surface area contributed by atoms with Crippen LogP contribution < -0.4 is 11.1 Å². The summed E-state index contributed by atoms with van der Waals surface area (Å²) in [6.45, 7) is 10.8. The van der Waals surface area contributed by atoms with Crippen LogP contribution in [0.4, 0.5) is 0 Å². The van der Waals surface area contributed by atoms with Gasteiger partial charge in [0.2, 0.25) is 5.91 Å². The molecule has 5 nitrogen and oxygen atoms in total. The summed E-state index contributed by atoms with van der Waals surface area (Å²) in [5, 5.41) is 3.36. The monoisotopic (exact) mass is 271 g/mol. The first kappa shape index (κ1) is 16.4. The van der Waals surface area contributed by atoms with Gasteiger partial charge in [-0.25, -0.2) is 0 Å². The van der Waals surface area contributed by atoms with E-state index in [0.717, 1.165) is 39.1 Å². The van der Waals surface area contributed by atoms with Crippen molar-refractivity contribution in [3.8, 4) is 0 Å². The number of hydrogen-bond acceptors (Lipinski definition) is 4. The molecule has 0 saturated heterocycles. The topological polar surface area (TPSA) is 67.6 Å². The van der Waals surface area contributed by atoms with Gasteiger partial charge in [0.15, 0.2) is 0 Å². The highest BCUT2D eigenvalue weighted by molar-refractivity contribution is 5.86. The third-order valence-electron chi connectivity index (χ3n) is 3.88. The molecule has 1 aliphatic rings. The van der Waals surface area contributed by atoms with E-state index in [9.17, 15) is 4.79 Å². The van der Waals surface area contributed by atoms with Gasteiger partial charge in [-0.1, -0.05) is 13.8 Å². The maximum atomic E-state index is 12.0. The van der Waals surface area contributed by atoms with Crippen LogP contribution >= 0.6 is 0 Å². The van der Waals surface area contributed by atoms with Gasteiger partial charge < -0.3 is 15.8 Å². The molecule has 0 radical (unpaired) electrons. The predicted molar refractivity (Wildman–Crippen MR) is 76.9 cm³/mol. The Bertz CT molecular complexity index is 282. The number of carbonyl (C=O) groups excluding carboxylic acids is 1. The fraction of sp³-hybridized carbons (Fsp3) is 0.929. The largest absolute Gasteiger partial charge is 0.380 e. The second-order valence-corrected chi connectivity index (χ2v) is 5.21. The van der Waals surface area contributed by atoms with Crippen molar-refractivity contribution in [3.63, 3.8) is 0 Å². The molecule has 0 bridgehead atoms. The molecule has 19 heavy (non-hydrogen) atoms. The quantitative estimate of drug-likeness (QED) is 0.540. The number of hydrogen-bond donors (Lipinski definition) is 2. The fourth-order valence-electron chi connectivity index (χ4n) is 2.63. The number of likely N-dealkylation sites (N-methyl/N-ethyl adjacent to an activating group) is 2. The van der Waals surface area contributed by atoms with E-state index in [-0.39, 0.29) is 5.91 Å². The summed E-state index contributed by atoms with van der Waals surface area (Å²) in [6.07, 6.45) is 2.19. The zero-order valence-electron chi connectivity index (χ0n) is 12.6. The van der Waals surface area contributed by atoms with Crippen molar-refractivity contribution in [3.05, 3.63) is 0 Å². The number of amides is 1. The van der Waals surface area contributed by atoms with E-state index in [1.807, 2.05) is 13.8 Å². The molecular weight excluding hydrogens is 242 g/mol. The van der Waals surface area contributed by atoms with Crippen LogP contribution in [0.3, 0.4) is 0 Å². The highest BCUT2D eigenvalue weighted by Crippen LogP contribution is 2.40. The van der Waals surface area contributed by atoms with Crippen molar-refractivity contribution in [1.82, 2.24) is 10.2 Å². The third-order valence-corrected chi connectivity index (χ3v) is 3.88. The zero-order valence-corrected chi connectivity index (χ0v) is 12.6. The number of nitrogens with one attached hydrogen (secondary N) is 1. The number of nitrogens with two attached hydrogens (primary N) is 1. The minimum absolute atomic E-state index is 0.216. The average molecular weight is 271 g/mol. The van der Waals surface area contributed by atoms with Crippen LogP contribution in [0.15, 0.2) is 0 Å². The van der Waals surface area contributed by atoms with E-state index < -0.39 is 5.54 Å². The zero-order chi connectivity index (χ0) is 14.3. The molecule has 5 heteroatoms. The van der Waals surface area contributed by atoms with E-state index in [1.165, 1.54) is 0 Å². The van der Waals surface area contributed by atoms with Crippen LogP contribution in [0.2, 0.25) is 0 Å². The summed E-state index contributed by atoms with van der Waals surface area (Å²) in [7, 11) is 0. The average Bonchev–Trinajstić information content (AvgIpc) is 3.21. The minimum Gasteiger partial charge on any atom is -0.380 e. The van der Waals surface area contributed by atoms with Gasteiger partial charge in [0.1, 0.15) is 5.54 Å². The first-order valence-corrected chi connectivity index (χ1v) is 7.45. The Morgan fingerprint density at radius 1 is 1.42 bits per heavy atom. The lowest BCUT2D eigenvalue weighted by molar-refractivity contribution is -0.126. The molecule has 1 atom stereocenters. The standard InChI is InChI=1S/C14H29N3O2/c1-4-16-14(13(15)18,12-7-8-12)11-17(5-2)9-10-19-6-3/h12,16H,4-11H2,1-3H3,(H2,15,18). The SMILES string of the molecule is CCNC(CN(CC)CCOCC)(C(N)=O)C1CC1. The summed E-state index contributed by atoms with van der Waals surface area (Å²) in [6, 6.07) is 0. The van der Waals surface area contributed by atoms with Crippen molar-refractivity contribution in [1.29, 1.82) is 0 Å². The van der Waals surface area contributed by atoms with Crippen molar-refractivity contribution < 1.29 is 9.53 Å². The van der Waals surface area contributed by atoms with Gasteiger partial charge in [0.05, 0.1) is 6.61 Å². The maximum absolute atomic E-state index is 12.0. The predicted octanol–water partition coefficient (Wildman–Crippen LogP) is 0.588. The second kappa shape index (κ2) is 7.82. The smallest absolute Gasteiger partial charge is 0.239 e. The van der Waals surface area contributed by atoms with Gasteiger partial charge in [-0.15, -0.1) is 0 Å². The summed E-state index contributed by atoms with van der Waals surface area (Å²) in [5.41, 5.74) is 5.14.